The third kappa shape index (κ3) is 7.89. The lowest BCUT2D eigenvalue weighted by Crippen LogP contribution is -2.24. The summed E-state index contributed by atoms with van der Waals surface area (Å²) in [6.45, 7) is 16.3. The van der Waals surface area contributed by atoms with Crippen LogP contribution in [0.1, 0.15) is 67.2 Å². The van der Waals surface area contributed by atoms with Gasteiger partial charge in [-0.05, 0) is 49.1 Å². The molecular formula is C21H37N3O. The molecule has 4 nitrogen and oxygen atoms in total. The van der Waals surface area contributed by atoms with Gasteiger partial charge in [0.25, 0.3) is 0 Å². The van der Waals surface area contributed by atoms with Gasteiger partial charge in [-0.1, -0.05) is 41.5 Å². The second kappa shape index (κ2) is 10.4. The molecule has 0 aliphatic heterocycles. The number of hydrogen-bond acceptors (Lipinski definition) is 4. The monoisotopic (exact) mass is 347 g/mol. The molecule has 1 rings (SSSR count). The molecule has 142 valence electrons. The van der Waals surface area contributed by atoms with Gasteiger partial charge in [0.15, 0.2) is 0 Å². The minimum atomic E-state index is 0.349. The third-order valence-corrected chi connectivity index (χ3v) is 4.25. The number of benzene rings is 1. The van der Waals surface area contributed by atoms with Crippen LogP contribution in [0.25, 0.3) is 0 Å². The van der Waals surface area contributed by atoms with Gasteiger partial charge >= 0.3 is 0 Å². The van der Waals surface area contributed by atoms with Crippen molar-refractivity contribution in [2.24, 2.45) is 16.4 Å². The standard InChI is InChI=1S/C21H37N3O/c1-7-12-24(13-8-2)18-9-10-19(23-22)20(15-18)25-14-11-17(3)16-21(4,5)6/h9-10,15,17,22H,7-8,11-14,16H2,1-6H3. The molecule has 1 N–H and O–H groups in total. The van der Waals surface area contributed by atoms with Gasteiger partial charge in [-0.15, -0.1) is 0 Å². The van der Waals surface area contributed by atoms with E-state index < -0.39 is 0 Å². The number of anilines is 1. The van der Waals surface area contributed by atoms with Crippen molar-refractivity contribution in [3.63, 3.8) is 0 Å². The zero-order valence-corrected chi connectivity index (χ0v) is 17.1. The fourth-order valence-corrected chi connectivity index (χ4v) is 3.33. The first-order valence-electron chi connectivity index (χ1n) is 9.70. The van der Waals surface area contributed by atoms with Gasteiger partial charge in [0.1, 0.15) is 11.4 Å². The van der Waals surface area contributed by atoms with E-state index in [0.29, 0.717) is 23.6 Å². The molecule has 0 heterocycles. The molecule has 0 bridgehead atoms. The van der Waals surface area contributed by atoms with Crippen LogP contribution in [0.15, 0.2) is 23.3 Å². The van der Waals surface area contributed by atoms with Gasteiger partial charge in [-0.2, -0.15) is 5.11 Å². The van der Waals surface area contributed by atoms with Gasteiger partial charge in [0.2, 0.25) is 0 Å². The summed E-state index contributed by atoms with van der Waals surface area (Å²) in [4.78, 5) is 2.38. The molecule has 0 saturated carbocycles. The van der Waals surface area contributed by atoms with Crippen LogP contribution in [0.3, 0.4) is 0 Å². The van der Waals surface area contributed by atoms with E-state index in [1.54, 1.807) is 0 Å². The first kappa shape index (κ1) is 21.5. The maximum Gasteiger partial charge on any atom is 0.148 e. The predicted molar refractivity (Wildman–Crippen MR) is 107 cm³/mol. The van der Waals surface area contributed by atoms with E-state index in [1.807, 2.05) is 18.2 Å². The van der Waals surface area contributed by atoms with Crippen molar-refractivity contribution in [3.05, 3.63) is 18.2 Å². The van der Waals surface area contributed by atoms with Crippen LogP contribution < -0.4 is 9.64 Å². The van der Waals surface area contributed by atoms with Crippen LogP contribution in [-0.2, 0) is 0 Å². The second-order valence-corrected chi connectivity index (χ2v) is 8.26. The van der Waals surface area contributed by atoms with E-state index in [2.05, 4.69) is 51.6 Å². The van der Waals surface area contributed by atoms with Gasteiger partial charge < -0.3 is 9.64 Å². The summed E-state index contributed by atoms with van der Waals surface area (Å²) in [5.74, 6) is 1.35. The Kier molecular flexibility index (Phi) is 8.95. The number of nitrogens with zero attached hydrogens (tertiary/aromatic N) is 2. The Morgan fingerprint density at radius 3 is 2.32 bits per heavy atom. The average Bonchev–Trinajstić information content (AvgIpc) is 2.53. The zero-order valence-electron chi connectivity index (χ0n) is 17.1. The average molecular weight is 348 g/mol. The number of ether oxygens (including phenoxy) is 1. The summed E-state index contributed by atoms with van der Waals surface area (Å²) in [5.41, 5.74) is 9.52. The summed E-state index contributed by atoms with van der Waals surface area (Å²) in [5, 5.41) is 3.63. The maximum atomic E-state index is 7.39. The molecule has 0 amide bonds. The van der Waals surface area contributed by atoms with Crippen molar-refractivity contribution in [1.82, 2.24) is 0 Å². The number of nitrogens with one attached hydrogen (secondary N) is 1. The van der Waals surface area contributed by atoms with E-state index >= 15 is 0 Å². The molecular weight excluding hydrogens is 310 g/mol. The van der Waals surface area contributed by atoms with Crippen LogP contribution in [0.2, 0.25) is 0 Å². The minimum absolute atomic E-state index is 0.349. The van der Waals surface area contributed by atoms with Crippen molar-refractivity contribution in [1.29, 1.82) is 5.53 Å². The van der Waals surface area contributed by atoms with Crippen molar-refractivity contribution in [2.75, 3.05) is 24.6 Å². The lowest BCUT2D eigenvalue weighted by Gasteiger charge is -2.25. The van der Waals surface area contributed by atoms with Gasteiger partial charge in [0.05, 0.1) is 6.61 Å². The summed E-state index contributed by atoms with van der Waals surface area (Å²) >= 11 is 0. The van der Waals surface area contributed by atoms with E-state index in [-0.39, 0.29) is 0 Å². The van der Waals surface area contributed by atoms with Crippen LogP contribution in [0.4, 0.5) is 11.4 Å². The minimum Gasteiger partial charge on any atom is -0.491 e. The molecule has 0 fully saturated rings. The Labute approximate surface area is 154 Å². The molecule has 0 spiro atoms. The molecule has 1 aromatic carbocycles. The maximum absolute atomic E-state index is 7.39. The fraction of sp³-hybridized carbons (Fsp3) is 0.714. The summed E-state index contributed by atoms with van der Waals surface area (Å²) in [7, 11) is 0. The van der Waals surface area contributed by atoms with Crippen molar-refractivity contribution in [2.45, 2.75) is 67.2 Å². The van der Waals surface area contributed by atoms with Gasteiger partial charge in [-0.3, -0.25) is 0 Å². The fourth-order valence-electron chi connectivity index (χ4n) is 3.33. The Hall–Kier alpha value is -1.58. The molecule has 0 aromatic heterocycles. The molecule has 0 aliphatic rings. The van der Waals surface area contributed by atoms with Gasteiger partial charge in [0, 0.05) is 24.8 Å². The zero-order chi connectivity index (χ0) is 18.9. The lowest BCUT2D eigenvalue weighted by atomic mass is 9.84. The first-order chi connectivity index (χ1) is 11.8. The van der Waals surface area contributed by atoms with Gasteiger partial charge in [-0.25, -0.2) is 5.53 Å². The van der Waals surface area contributed by atoms with E-state index in [9.17, 15) is 0 Å². The number of rotatable bonds is 11. The van der Waals surface area contributed by atoms with Crippen molar-refractivity contribution >= 4 is 11.4 Å². The summed E-state index contributed by atoms with van der Waals surface area (Å²) in [6, 6.07) is 6.00. The Morgan fingerprint density at radius 2 is 1.80 bits per heavy atom. The largest absolute Gasteiger partial charge is 0.491 e. The van der Waals surface area contributed by atoms with Crippen LogP contribution in [-0.4, -0.2) is 19.7 Å². The molecule has 1 aromatic rings. The molecule has 0 saturated heterocycles. The topological polar surface area (TPSA) is 48.7 Å². The highest BCUT2D eigenvalue weighted by molar-refractivity contribution is 5.61. The van der Waals surface area contributed by atoms with Crippen molar-refractivity contribution < 1.29 is 4.74 Å². The molecule has 1 unspecified atom stereocenters. The third-order valence-electron chi connectivity index (χ3n) is 4.25. The summed E-state index contributed by atoms with van der Waals surface area (Å²) in [6.07, 6.45) is 4.44. The normalized spacial score (nSPS) is 12.7. The highest BCUT2D eigenvalue weighted by Crippen LogP contribution is 2.33. The van der Waals surface area contributed by atoms with Crippen LogP contribution in [0, 0.1) is 16.9 Å². The Bertz CT molecular complexity index is 516. The Balaban J connectivity index is 2.76. The lowest BCUT2D eigenvalue weighted by molar-refractivity contribution is 0.241. The second-order valence-electron chi connectivity index (χ2n) is 8.26. The smallest absolute Gasteiger partial charge is 0.148 e. The van der Waals surface area contributed by atoms with Crippen molar-refractivity contribution in [3.8, 4) is 5.75 Å². The SMILES string of the molecule is CCCN(CCC)c1ccc(N=N)c(OCCC(C)CC(C)(C)C)c1. The summed E-state index contributed by atoms with van der Waals surface area (Å²) < 4.78 is 6.02. The van der Waals surface area contributed by atoms with Crippen LogP contribution >= 0.6 is 0 Å². The van der Waals surface area contributed by atoms with E-state index in [0.717, 1.165) is 43.8 Å². The molecule has 1 atom stereocenters. The van der Waals surface area contributed by atoms with Crippen LogP contribution in [0.5, 0.6) is 5.75 Å². The molecule has 25 heavy (non-hydrogen) atoms. The van der Waals surface area contributed by atoms with E-state index in [1.165, 1.54) is 6.42 Å². The first-order valence-corrected chi connectivity index (χ1v) is 9.70. The predicted octanol–water partition coefficient (Wildman–Crippen LogP) is 6.82. The highest BCUT2D eigenvalue weighted by Gasteiger charge is 2.16. The highest BCUT2D eigenvalue weighted by atomic mass is 16.5. The quantitative estimate of drug-likeness (QED) is 0.447. The number of hydrogen-bond donors (Lipinski definition) is 1. The van der Waals surface area contributed by atoms with E-state index in [4.69, 9.17) is 10.3 Å². The molecule has 0 aliphatic carbocycles. The molecule has 0 radical (unpaired) electrons. The molecule has 4 heteroatoms. The Morgan fingerprint density at radius 1 is 1.16 bits per heavy atom.